The molecule has 2 aliphatic heterocycles. The van der Waals surface area contributed by atoms with E-state index < -0.39 is 0 Å². The number of hydrogen-bond acceptors (Lipinski definition) is 3. The highest BCUT2D eigenvalue weighted by atomic mass is 32.2. The molecule has 2 aromatic rings. The molecule has 0 aromatic heterocycles. The molecule has 2 saturated heterocycles. The molecule has 4 atom stereocenters. The van der Waals surface area contributed by atoms with Crippen LogP contribution in [0, 0.1) is 11.8 Å². The lowest BCUT2D eigenvalue weighted by Gasteiger charge is -2.45. The van der Waals surface area contributed by atoms with Crippen molar-refractivity contribution in [2.24, 2.45) is 11.8 Å². The Hall–Kier alpha value is -1.58. The Morgan fingerprint density at radius 1 is 0.773 bits per heavy atom. The van der Waals surface area contributed by atoms with E-state index >= 15 is 0 Å². The second-order valence-corrected chi connectivity index (χ2v) is 7.17. The first-order valence-corrected chi connectivity index (χ1v) is 8.97. The van der Waals surface area contributed by atoms with Crippen LogP contribution in [0.25, 0.3) is 0 Å². The molecule has 0 saturated carbocycles. The third-order valence-electron chi connectivity index (χ3n) is 4.81. The summed E-state index contributed by atoms with van der Waals surface area (Å²) in [5.74, 6) is 2.52. The summed E-state index contributed by atoms with van der Waals surface area (Å²) in [5, 5.41) is 3.78. The Bertz CT molecular complexity index is 602. The van der Waals surface area contributed by atoms with Gasteiger partial charge in [0.15, 0.2) is 0 Å². The highest BCUT2D eigenvalue weighted by Crippen LogP contribution is 2.44. The van der Waals surface area contributed by atoms with E-state index in [4.69, 9.17) is 0 Å². The molecule has 112 valence electrons. The average Bonchev–Trinajstić information content (AvgIpc) is 2.57. The van der Waals surface area contributed by atoms with Gasteiger partial charge in [-0.25, -0.2) is 0 Å². The van der Waals surface area contributed by atoms with Crippen molar-refractivity contribution in [3.8, 4) is 0 Å². The van der Waals surface area contributed by atoms with E-state index in [1.54, 1.807) is 0 Å². The molecule has 1 N–H and O–H groups in total. The van der Waals surface area contributed by atoms with Crippen LogP contribution in [0.1, 0.15) is 23.2 Å². The third kappa shape index (κ3) is 2.38. The fourth-order valence-corrected chi connectivity index (χ4v) is 5.04. The summed E-state index contributed by atoms with van der Waals surface area (Å²) in [6, 6.07) is 21.1. The van der Waals surface area contributed by atoms with Gasteiger partial charge in [0.25, 0.3) is 0 Å². The molecule has 0 aliphatic carbocycles. The minimum absolute atomic E-state index is 0.103. The number of rotatable bonds is 2. The molecule has 3 heteroatoms. The van der Waals surface area contributed by atoms with Gasteiger partial charge in [-0.3, -0.25) is 4.79 Å². The second-order valence-electron chi connectivity index (χ2n) is 6.10. The fourth-order valence-electron chi connectivity index (χ4n) is 3.69. The summed E-state index contributed by atoms with van der Waals surface area (Å²) in [5.41, 5.74) is 2.45. The molecule has 0 radical (unpaired) electrons. The zero-order valence-corrected chi connectivity index (χ0v) is 13.1. The quantitative estimate of drug-likeness (QED) is 0.918. The fraction of sp³-hybridized carbons (Fsp3) is 0.316. The maximum atomic E-state index is 12.9. The normalized spacial score (nSPS) is 31.0. The maximum Gasteiger partial charge on any atom is 0.144 e. The van der Waals surface area contributed by atoms with Gasteiger partial charge in [0, 0.05) is 35.4 Å². The van der Waals surface area contributed by atoms with Crippen molar-refractivity contribution in [2.45, 2.75) is 12.1 Å². The predicted octanol–water partition coefficient (Wildman–Crippen LogP) is 3.62. The number of nitrogens with one attached hydrogen (secondary N) is 1. The van der Waals surface area contributed by atoms with Gasteiger partial charge in [0.2, 0.25) is 0 Å². The van der Waals surface area contributed by atoms with Gasteiger partial charge in [-0.1, -0.05) is 60.7 Å². The van der Waals surface area contributed by atoms with E-state index in [1.165, 1.54) is 11.1 Å². The van der Waals surface area contributed by atoms with Crippen LogP contribution in [0.3, 0.4) is 0 Å². The Balaban J connectivity index is 1.73. The molecule has 4 rings (SSSR count). The van der Waals surface area contributed by atoms with E-state index in [0.717, 1.165) is 11.5 Å². The van der Waals surface area contributed by atoms with Crippen molar-refractivity contribution in [3.05, 3.63) is 71.8 Å². The number of thioether (sulfide) groups is 1. The SMILES string of the molecule is O=C1C2CSCC1C(c1ccccc1)NC2c1ccccc1. The minimum Gasteiger partial charge on any atom is -0.302 e. The molecular weight excluding hydrogens is 290 g/mol. The molecule has 2 aromatic carbocycles. The van der Waals surface area contributed by atoms with Gasteiger partial charge in [-0.2, -0.15) is 11.8 Å². The van der Waals surface area contributed by atoms with Crippen molar-refractivity contribution < 1.29 is 4.79 Å². The van der Waals surface area contributed by atoms with Crippen molar-refractivity contribution in [1.29, 1.82) is 0 Å². The maximum absolute atomic E-state index is 12.9. The molecule has 0 spiro atoms. The van der Waals surface area contributed by atoms with Crippen molar-refractivity contribution in [3.63, 3.8) is 0 Å². The topological polar surface area (TPSA) is 29.1 Å². The van der Waals surface area contributed by atoms with E-state index in [-0.39, 0.29) is 23.9 Å². The highest BCUT2D eigenvalue weighted by molar-refractivity contribution is 7.99. The minimum atomic E-state index is 0.103. The third-order valence-corrected chi connectivity index (χ3v) is 6.00. The molecule has 2 nitrogen and oxygen atoms in total. The first-order valence-electron chi connectivity index (χ1n) is 7.82. The van der Waals surface area contributed by atoms with Gasteiger partial charge >= 0.3 is 0 Å². The standard InChI is InChI=1S/C19H19NOS/c21-19-15-11-22-12-16(19)18(14-9-5-2-6-10-14)20-17(15)13-7-3-1-4-8-13/h1-10,15-18,20H,11-12H2. The second kappa shape index (κ2) is 5.90. The lowest BCUT2D eigenvalue weighted by molar-refractivity contribution is -0.130. The van der Waals surface area contributed by atoms with E-state index in [2.05, 4.69) is 53.8 Å². The first kappa shape index (κ1) is 14.0. The van der Waals surface area contributed by atoms with E-state index in [1.807, 2.05) is 23.9 Å². The van der Waals surface area contributed by atoms with Crippen LogP contribution in [-0.2, 0) is 4.79 Å². The van der Waals surface area contributed by atoms with Gasteiger partial charge in [-0.05, 0) is 11.1 Å². The summed E-state index contributed by atoms with van der Waals surface area (Å²) in [4.78, 5) is 12.9. The number of piperidine rings is 1. The van der Waals surface area contributed by atoms with Crippen LogP contribution < -0.4 is 5.32 Å². The number of carbonyl (C=O) groups excluding carboxylic acids is 1. The van der Waals surface area contributed by atoms with Crippen molar-refractivity contribution in [2.75, 3.05) is 11.5 Å². The molecule has 4 unspecified atom stereocenters. The summed E-state index contributed by atoms with van der Waals surface area (Å²) in [7, 11) is 0. The van der Waals surface area contributed by atoms with Crippen LogP contribution in [0.4, 0.5) is 0 Å². The number of hydrogen-bond donors (Lipinski definition) is 1. The smallest absolute Gasteiger partial charge is 0.144 e. The highest BCUT2D eigenvalue weighted by Gasteiger charge is 2.46. The molecular formula is C19H19NOS. The summed E-state index contributed by atoms with van der Waals surface area (Å²) >= 11 is 1.93. The summed E-state index contributed by atoms with van der Waals surface area (Å²) in [6.07, 6.45) is 0. The van der Waals surface area contributed by atoms with Crippen LogP contribution in [-0.4, -0.2) is 17.3 Å². The van der Waals surface area contributed by atoms with Gasteiger partial charge in [0.05, 0.1) is 0 Å². The van der Waals surface area contributed by atoms with Gasteiger partial charge in [-0.15, -0.1) is 0 Å². The Kier molecular flexibility index (Phi) is 3.77. The Labute approximate surface area is 135 Å². The van der Waals surface area contributed by atoms with Crippen LogP contribution >= 0.6 is 11.8 Å². The van der Waals surface area contributed by atoms with Gasteiger partial charge < -0.3 is 5.32 Å². The molecule has 22 heavy (non-hydrogen) atoms. The lowest BCUT2D eigenvalue weighted by Crippen LogP contribution is -2.52. The van der Waals surface area contributed by atoms with Crippen molar-refractivity contribution >= 4 is 17.5 Å². The summed E-state index contributed by atoms with van der Waals surface area (Å²) in [6.45, 7) is 0. The van der Waals surface area contributed by atoms with Crippen LogP contribution in [0.15, 0.2) is 60.7 Å². The average molecular weight is 309 g/mol. The zero-order valence-electron chi connectivity index (χ0n) is 12.3. The molecule has 0 amide bonds. The predicted molar refractivity (Wildman–Crippen MR) is 90.8 cm³/mol. The number of ketones is 1. The first-order chi connectivity index (χ1) is 10.8. The Morgan fingerprint density at radius 3 is 1.68 bits per heavy atom. The zero-order chi connectivity index (χ0) is 14.9. The lowest BCUT2D eigenvalue weighted by atomic mass is 9.75. The number of benzene rings is 2. The monoisotopic (exact) mass is 309 g/mol. The van der Waals surface area contributed by atoms with Crippen molar-refractivity contribution in [1.82, 2.24) is 5.32 Å². The number of carbonyl (C=O) groups is 1. The molecule has 2 aliphatic rings. The van der Waals surface area contributed by atoms with Crippen LogP contribution in [0.5, 0.6) is 0 Å². The van der Waals surface area contributed by atoms with Crippen LogP contribution in [0.2, 0.25) is 0 Å². The molecule has 2 bridgehead atoms. The Morgan fingerprint density at radius 2 is 1.23 bits per heavy atom. The summed E-state index contributed by atoms with van der Waals surface area (Å²) < 4.78 is 0. The van der Waals surface area contributed by atoms with E-state index in [9.17, 15) is 4.79 Å². The number of Topliss-reactive ketones (excluding diaryl/α,β-unsaturated/α-hetero) is 1. The largest absolute Gasteiger partial charge is 0.302 e. The molecule has 2 fully saturated rings. The number of fused-ring (bicyclic) bond motifs is 2. The van der Waals surface area contributed by atoms with Gasteiger partial charge in [0.1, 0.15) is 5.78 Å². The van der Waals surface area contributed by atoms with E-state index in [0.29, 0.717) is 5.78 Å². The molecule has 2 heterocycles.